The van der Waals surface area contributed by atoms with Crippen LogP contribution in [-0.4, -0.2) is 0 Å². The van der Waals surface area contributed by atoms with Gasteiger partial charge in [0, 0.05) is 12.1 Å². The van der Waals surface area contributed by atoms with Crippen LogP contribution in [0.4, 0.5) is 4.39 Å². The summed E-state index contributed by atoms with van der Waals surface area (Å²) in [5.41, 5.74) is 0.723. The molecule has 0 aliphatic heterocycles. The molecule has 0 saturated heterocycles. The van der Waals surface area contributed by atoms with Gasteiger partial charge in [0.05, 0.1) is 0 Å². The van der Waals surface area contributed by atoms with Crippen LogP contribution in [0.5, 0.6) is 11.5 Å². The summed E-state index contributed by atoms with van der Waals surface area (Å²) in [5, 5.41) is 0. The van der Waals surface area contributed by atoms with Crippen LogP contribution in [0.3, 0.4) is 0 Å². The summed E-state index contributed by atoms with van der Waals surface area (Å²) in [6.45, 7) is 1.78. The van der Waals surface area contributed by atoms with Gasteiger partial charge in [0.25, 0.3) is 0 Å². The Hall–Kier alpha value is -1.83. The second kappa shape index (κ2) is 4.13. The van der Waals surface area contributed by atoms with Gasteiger partial charge in [-0.25, -0.2) is 4.39 Å². The lowest BCUT2D eigenvalue weighted by molar-refractivity contribution is 0.476. The molecule has 75 valence electrons. The van der Waals surface area contributed by atoms with E-state index in [2.05, 4.69) is 6.07 Å². The van der Waals surface area contributed by atoms with Crippen LogP contribution in [-0.2, 0) is 0 Å². The normalized spacial score (nSPS) is 10.0. The first-order valence-corrected chi connectivity index (χ1v) is 4.66. The SMILES string of the molecule is Cc1[c]c(F)cc(Oc2ccccc2)c1. The second-order valence-corrected chi connectivity index (χ2v) is 3.26. The lowest BCUT2D eigenvalue weighted by Crippen LogP contribution is -1.86. The number of rotatable bonds is 2. The fourth-order valence-corrected chi connectivity index (χ4v) is 1.32. The van der Waals surface area contributed by atoms with E-state index >= 15 is 0 Å². The van der Waals surface area contributed by atoms with Crippen molar-refractivity contribution in [2.45, 2.75) is 6.92 Å². The van der Waals surface area contributed by atoms with Crippen LogP contribution < -0.4 is 4.74 Å². The average Bonchev–Trinajstić information content (AvgIpc) is 2.17. The molecule has 2 rings (SSSR count). The molecule has 15 heavy (non-hydrogen) atoms. The molecule has 0 bridgehead atoms. The Morgan fingerprint density at radius 2 is 1.80 bits per heavy atom. The van der Waals surface area contributed by atoms with Gasteiger partial charge in [0.15, 0.2) is 0 Å². The molecule has 2 aromatic rings. The molecule has 0 amide bonds. The van der Waals surface area contributed by atoms with E-state index in [1.54, 1.807) is 13.0 Å². The molecule has 0 fully saturated rings. The van der Waals surface area contributed by atoms with Gasteiger partial charge in [-0.2, -0.15) is 0 Å². The summed E-state index contributed by atoms with van der Waals surface area (Å²) < 4.78 is 18.5. The number of ether oxygens (including phenoxy) is 1. The zero-order valence-corrected chi connectivity index (χ0v) is 8.33. The maximum absolute atomic E-state index is 13.0. The van der Waals surface area contributed by atoms with E-state index in [-0.39, 0.29) is 0 Å². The van der Waals surface area contributed by atoms with E-state index < -0.39 is 5.82 Å². The molecule has 0 aliphatic rings. The molecule has 0 spiro atoms. The van der Waals surface area contributed by atoms with Crippen molar-refractivity contribution in [3.8, 4) is 11.5 Å². The monoisotopic (exact) mass is 201 g/mol. The maximum Gasteiger partial charge on any atom is 0.135 e. The Kier molecular flexibility index (Phi) is 2.68. The molecule has 0 N–H and O–H groups in total. The molecule has 0 saturated carbocycles. The highest BCUT2D eigenvalue weighted by molar-refractivity contribution is 5.33. The van der Waals surface area contributed by atoms with E-state index in [1.165, 1.54) is 6.07 Å². The molecule has 1 nitrogen and oxygen atoms in total. The Bertz CT molecular complexity index is 431. The van der Waals surface area contributed by atoms with Crippen molar-refractivity contribution < 1.29 is 9.13 Å². The summed E-state index contributed by atoms with van der Waals surface area (Å²) in [7, 11) is 0. The van der Waals surface area contributed by atoms with E-state index in [0.717, 1.165) is 5.56 Å². The zero-order chi connectivity index (χ0) is 10.7. The van der Waals surface area contributed by atoms with Crippen molar-refractivity contribution in [3.63, 3.8) is 0 Å². The Labute approximate surface area is 88.1 Å². The fraction of sp³-hybridized carbons (Fsp3) is 0.0769. The number of hydrogen-bond donors (Lipinski definition) is 0. The van der Waals surface area contributed by atoms with Crippen LogP contribution in [0.15, 0.2) is 42.5 Å². The zero-order valence-electron chi connectivity index (χ0n) is 8.33. The number of aryl methyl sites for hydroxylation is 1. The summed E-state index contributed by atoms with van der Waals surface area (Å²) in [6, 6.07) is 14.9. The van der Waals surface area contributed by atoms with Crippen molar-refractivity contribution in [2.24, 2.45) is 0 Å². The molecule has 2 aromatic carbocycles. The minimum atomic E-state index is -0.402. The predicted octanol–water partition coefficient (Wildman–Crippen LogP) is 3.73. The highest BCUT2D eigenvalue weighted by Gasteiger charge is 2.00. The summed E-state index contributed by atoms with van der Waals surface area (Å²) in [6.07, 6.45) is 0. The standard InChI is InChI=1S/C13H10FO/c1-10-7-11(14)9-13(8-10)15-12-5-3-2-4-6-12/h2-6,8-9H,1H3. The molecule has 0 heterocycles. The Balaban J connectivity index is 2.25. The van der Waals surface area contributed by atoms with Crippen LogP contribution in [0.25, 0.3) is 0 Å². The Morgan fingerprint density at radius 3 is 2.47 bits per heavy atom. The minimum absolute atomic E-state index is 0.402. The van der Waals surface area contributed by atoms with Gasteiger partial charge in [-0.05, 0) is 30.7 Å². The van der Waals surface area contributed by atoms with E-state index in [0.29, 0.717) is 11.5 Å². The van der Waals surface area contributed by atoms with E-state index in [1.807, 2.05) is 30.3 Å². The smallest absolute Gasteiger partial charge is 0.135 e. The fourth-order valence-electron chi connectivity index (χ4n) is 1.32. The van der Waals surface area contributed by atoms with Crippen molar-refractivity contribution in [1.82, 2.24) is 0 Å². The van der Waals surface area contributed by atoms with Gasteiger partial charge in [-0.1, -0.05) is 18.2 Å². The van der Waals surface area contributed by atoms with Crippen LogP contribution in [0, 0.1) is 18.8 Å². The van der Waals surface area contributed by atoms with Crippen molar-refractivity contribution in [2.75, 3.05) is 0 Å². The predicted molar refractivity (Wildman–Crippen MR) is 56.5 cm³/mol. The van der Waals surface area contributed by atoms with Gasteiger partial charge in [0.1, 0.15) is 17.3 Å². The number of para-hydroxylation sites is 1. The topological polar surface area (TPSA) is 9.23 Å². The lowest BCUT2D eigenvalue weighted by atomic mass is 10.2. The minimum Gasteiger partial charge on any atom is -0.457 e. The molecule has 2 heteroatoms. The van der Waals surface area contributed by atoms with Gasteiger partial charge in [-0.15, -0.1) is 0 Å². The molecule has 1 radical (unpaired) electrons. The van der Waals surface area contributed by atoms with Gasteiger partial charge in [0.2, 0.25) is 0 Å². The van der Waals surface area contributed by atoms with Crippen LogP contribution in [0.2, 0.25) is 0 Å². The largest absolute Gasteiger partial charge is 0.457 e. The van der Waals surface area contributed by atoms with E-state index in [9.17, 15) is 4.39 Å². The molecule has 0 atom stereocenters. The number of halogens is 1. The van der Waals surface area contributed by atoms with Crippen LogP contribution >= 0.6 is 0 Å². The summed E-state index contributed by atoms with van der Waals surface area (Å²) in [4.78, 5) is 0. The molecule has 0 aliphatic carbocycles. The first-order valence-electron chi connectivity index (χ1n) is 4.66. The van der Waals surface area contributed by atoms with Crippen molar-refractivity contribution in [3.05, 3.63) is 59.9 Å². The lowest BCUT2D eigenvalue weighted by Gasteiger charge is -2.05. The third-order valence-electron chi connectivity index (χ3n) is 1.92. The summed E-state index contributed by atoms with van der Waals surface area (Å²) >= 11 is 0. The highest BCUT2D eigenvalue weighted by atomic mass is 19.1. The number of hydrogen-bond acceptors (Lipinski definition) is 1. The highest BCUT2D eigenvalue weighted by Crippen LogP contribution is 2.22. The molecule has 0 unspecified atom stereocenters. The molecular weight excluding hydrogens is 191 g/mol. The first kappa shape index (κ1) is 9.71. The van der Waals surface area contributed by atoms with Crippen LogP contribution in [0.1, 0.15) is 5.56 Å². The third kappa shape index (κ3) is 2.56. The van der Waals surface area contributed by atoms with E-state index in [4.69, 9.17) is 4.74 Å². The quantitative estimate of drug-likeness (QED) is 0.719. The van der Waals surface area contributed by atoms with Crippen molar-refractivity contribution in [1.29, 1.82) is 0 Å². The average molecular weight is 201 g/mol. The van der Waals surface area contributed by atoms with Gasteiger partial charge in [-0.3, -0.25) is 0 Å². The molecular formula is C13H10FO. The maximum atomic E-state index is 13.0. The summed E-state index contributed by atoms with van der Waals surface area (Å²) in [5.74, 6) is 0.790. The van der Waals surface area contributed by atoms with Crippen molar-refractivity contribution >= 4 is 0 Å². The molecule has 0 aromatic heterocycles. The van der Waals surface area contributed by atoms with Gasteiger partial charge < -0.3 is 4.74 Å². The second-order valence-electron chi connectivity index (χ2n) is 3.26. The third-order valence-corrected chi connectivity index (χ3v) is 1.92. The number of benzene rings is 2. The van der Waals surface area contributed by atoms with Gasteiger partial charge >= 0.3 is 0 Å². The first-order chi connectivity index (χ1) is 7.24. The Morgan fingerprint density at radius 1 is 1.07 bits per heavy atom.